The van der Waals surface area contributed by atoms with Crippen LogP contribution in [0.25, 0.3) is 0 Å². The molecule has 0 aliphatic carbocycles. The van der Waals surface area contributed by atoms with E-state index < -0.39 is 5.92 Å². The van der Waals surface area contributed by atoms with Gasteiger partial charge in [-0.2, -0.15) is 0 Å². The summed E-state index contributed by atoms with van der Waals surface area (Å²) in [5.41, 5.74) is 14.4. The third kappa shape index (κ3) is 3.41. The first kappa shape index (κ1) is 16.7. The first-order chi connectivity index (χ1) is 11.1. The van der Waals surface area contributed by atoms with Gasteiger partial charge in [0.05, 0.1) is 17.9 Å². The van der Waals surface area contributed by atoms with Gasteiger partial charge in [-0.1, -0.05) is 19.4 Å². The Morgan fingerprint density at radius 3 is 2.78 bits per heavy atom. The van der Waals surface area contributed by atoms with Gasteiger partial charge in [-0.15, -0.1) is 0 Å². The van der Waals surface area contributed by atoms with E-state index in [0.29, 0.717) is 35.7 Å². The number of allylic oxidation sites excluding steroid dienone is 1. The van der Waals surface area contributed by atoms with Crippen molar-refractivity contribution in [3.8, 4) is 0 Å². The average Bonchev–Trinajstić information content (AvgIpc) is 2.55. The van der Waals surface area contributed by atoms with E-state index in [-0.39, 0.29) is 5.97 Å². The van der Waals surface area contributed by atoms with E-state index in [2.05, 4.69) is 9.98 Å². The molecule has 1 aromatic heterocycles. The summed E-state index contributed by atoms with van der Waals surface area (Å²) in [4.78, 5) is 21.1. The molecule has 0 radical (unpaired) electrons. The zero-order valence-electron chi connectivity index (χ0n) is 13.5. The van der Waals surface area contributed by atoms with Crippen molar-refractivity contribution < 1.29 is 9.53 Å². The van der Waals surface area contributed by atoms with Crippen LogP contribution in [0.4, 0.5) is 0 Å². The molecule has 4 N–H and O–H groups in total. The standard InChI is InChI=1S/C17H22N4O2/c1-3-6-13-15(17(22)23-4-2)14(11-7-5-8-20-10-11)12(9-18)16(19)21-13/h5,7-10,14H,3-4,6,18H2,1-2H3,(H2,19,21)/b12-9-. The van der Waals surface area contributed by atoms with Gasteiger partial charge in [0.1, 0.15) is 5.84 Å². The van der Waals surface area contributed by atoms with Crippen molar-refractivity contribution in [2.24, 2.45) is 16.5 Å². The summed E-state index contributed by atoms with van der Waals surface area (Å²) in [6.45, 7) is 4.09. The SMILES string of the molecule is CCCC1=C(C(=O)OCC)C(c2cccnc2)/C(=C/N)C(N)=N1. The zero-order chi connectivity index (χ0) is 16.8. The molecule has 0 amide bonds. The van der Waals surface area contributed by atoms with Crippen molar-refractivity contribution in [3.05, 3.63) is 53.1 Å². The molecule has 23 heavy (non-hydrogen) atoms. The average molecular weight is 314 g/mol. The predicted molar refractivity (Wildman–Crippen MR) is 89.4 cm³/mol. The topological polar surface area (TPSA) is 104 Å². The molecule has 1 aromatic rings. The lowest BCUT2D eigenvalue weighted by atomic mass is 9.81. The number of hydrogen-bond acceptors (Lipinski definition) is 6. The molecule has 2 rings (SSSR count). The van der Waals surface area contributed by atoms with E-state index in [0.717, 1.165) is 12.0 Å². The third-order valence-corrected chi connectivity index (χ3v) is 3.64. The predicted octanol–water partition coefficient (Wildman–Crippen LogP) is 2.00. The molecular weight excluding hydrogens is 292 g/mol. The quantitative estimate of drug-likeness (QED) is 0.809. The first-order valence-corrected chi connectivity index (χ1v) is 7.70. The molecule has 0 fully saturated rings. The molecule has 1 aliphatic rings. The molecule has 1 atom stereocenters. The van der Waals surface area contributed by atoms with Gasteiger partial charge in [-0.25, -0.2) is 9.79 Å². The number of nitrogens with zero attached hydrogens (tertiary/aromatic N) is 2. The number of ether oxygens (including phenoxy) is 1. The van der Waals surface area contributed by atoms with Gasteiger partial charge in [0.25, 0.3) is 0 Å². The molecule has 0 aromatic carbocycles. The molecule has 0 saturated heterocycles. The summed E-state index contributed by atoms with van der Waals surface area (Å²) >= 11 is 0. The molecule has 1 unspecified atom stereocenters. The molecule has 0 spiro atoms. The largest absolute Gasteiger partial charge is 0.463 e. The van der Waals surface area contributed by atoms with Gasteiger partial charge in [0.15, 0.2) is 0 Å². The Balaban J connectivity index is 2.65. The number of hydrogen-bond donors (Lipinski definition) is 2. The van der Waals surface area contributed by atoms with Gasteiger partial charge < -0.3 is 16.2 Å². The van der Waals surface area contributed by atoms with Crippen molar-refractivity contribution in [2.75, 3.05) is 6.61 Å². The van der Waals surface area contributed by atoms with Crippen LogP contribution in [0.3, 0.4) is 0 Å². The fourth-order valence-corrected chi connectivity index (χ4v) is 2.69. The minimum absolute atomic E-state index is 0.294. The van der Waals surface area contributed by atoms with Gasteiger partial charge in [0, 0.05) is 30.1 Å². The Kier molecular flexibility index (Phi) is 5.51. The Morgan fingerprint density at radius 2 is 2.22 bits per heavy atom. The second-order valence-electron chi connectivity index (χ2n) is 5.17. The van der Waals surface area contributed by atoms with E-state index in [1.165, 1.54) is 6.20 Å². The van der Waals surface area contributed by atoms with Crippen LogP contribution >= 0.6 is 0 Å². The smallest absolute Gasteiger partial charge is 0.336 e. The van der Waals surface area contributed by atoms with Crippen LogP contribution in [0.15, 0.2) is 52.6 Å². The summed E-state index contributed by atoms with van der Waals surface area (Å²) in [6.07, 6.45) is 6.27. The van der Waals surface area contributed by atoms with Crippen molar-refractivity contribution in [1.82, 2.24) is 4.98 Å². The van der Waals surface area contributed by atoms with Crippen molar-refractivity contribution in [3.63, 3.8) is 0 Å². The molecule has 6 heteroatoms. The second-order valence-corrected chi connectivity index (χ2v) is 5.17. The molecular formula is C17H22N4O2. The van der Waals surface area contributed by atoms with Crippen LogP contribution in [0.5, 0.6) is 0 Å². The highest BCUT2D eigenvalue weighted by Gasteiger charge is 2.35. The van der Waals surface area contributed by atoms with Crippen molar-refractivity contribution >= 4 is 11.8 Å². The maximum atomic E-state index is 12.6. The Morgan fingerprint density at radius 1 is 1.43 bits per heavy atom. The van der Waals surface area contributed by atoms with E-state index in [1.807, 2.05) is 19.1 Å². The fourth-order valence-electron chi connectivity index (χ4n) is 2.69. The highest BCUT2D eigenvalue weighted by molar-refractivity contribution is 6.05. The lowest BCUT2D eigenvalue weighted by molar-refractivity contribution is -0.138. The Labute approximate surface area is 135 Å². The molecule has 0 saturated carbocycles. The number of carbonyl (C=O) groups excluding carboxylic acids is 1. The minimum Gasteiger partial charge on any atom is -0.463 e. The van der Waals surface area contributed by atoms with Gasteiger partial charge in [-0.05, 0) is 25.0 Å². The summed E-state index contributed by atoms with van der Waals surface area (Å²) in [5.74, 6) is -0.468. The van der Waals surface area contributed by atoms with E-state index >= 15 is 0 Å². The molecule has 0 bridgehead atoms. The maximum Gasteiger partial charge on any atom is 0.336 e. The van der Waals surface area contributed by atoms with E-state index in [9.17, 15) is 4.79 Å². The van der Waals surface area contributed by atoms with E-state index in [1.54, 1.807) is 19.3 Å². The van der Waals surface area contributed by atoms with Crippen LogP contribution in [-0.2, 0) is 9.53 Å². The third-order valence-electron chi connectivity index (χ3n) is 3.64. The van der Waals surface area contributed by atoms with Crippen LogP contribution in [-0.4, -0.2) is 23.4 Å². The summed E-state index contributed by atoms with van der Waals surface area (Å²) in [7, 11) is 0. The lowest BCUT2D eigenvalue weighted by Crippen LogP contribution is -2.30. The summed E-state index contributed by atoms with van der Waals surface area (Å²) in [5, 5.41) is 0. The lowest BCUT2D eigenvalue weighted by Gasteiger charge is -2.27. The van der Waals surface area contributed by atoms with Gasteiger partial charge in [-0.3, -0.25) is 4.98 Å². The summed E-state index contributed by atoms with van der Waals surface area (Å²) < 4.78 is 5.24. The van der Waals surface area contributed by atoms with Crippen LogP contribution in [0.2, 0.25) is 0 Å². The number of rotatable bonds is 5. The number of aliphatic imine (C=N–C) groups is 1. The van der Waals surface area contributed by atoms with Crippen LogP contribution in [0, 0.1) is 0 Å². The van der Waals surface area contributed by atoms with E-state index in [4.69, 9.17) is 16.2 Å². The number of aromatic nitrogens is 1. The molecule has 122 valence electrons. The van der Waals surface area contributed by atoms with Crippen molar-refractivity contribution in [1.29, 1.82) is 0 Å². The number of carbonyl (C=O) groups is 1. The number of amidine groups is 1. The summed E-state index contributed by atoms with van der Waals surface area (Å²) in [6, 6.07) is 3.70. The van der Waals surface area contributed by atoms with Gasteiger partial charge in [0.2, 0.25) is 0 Å². The Hall–Kier alpha value is -2.63. The molecule has 6 nitrogen and oxygen atoms in total. The zero-order valence-corrected chi connectivity index (χ0v) is 13.5. The normalized spacial score (nSPS) is 19.7. The first-order valence-electron chi connectivity index (χ1n) is 7.70. The number of pyridine rings is 1. The van der Waals surface area contributed by atoms with Crippen molar-refractivity contribution in [2.45, 2.75) is 32.6 Å². The molecule has 2 heterocycles. The maximum absolute atomic E-state index is 12.6. The Bertz CT molecular complexity index is 662. The number of nitrogens with two attached hydrogens (primary N) is 2. The number of esters is 1. The van der Waals surface area contributed by atoms with Crippen LogP contribution < -0.4 is 11.5 Å². The minimum atomic E-state index is -0.410. The highest BCUT2D eigenvalue weighted by Crippen LogP contribution is 2.38. The van der Waals surface area contributed by atoms with Crippen LogP contribution in [0.1, 0.15) is 38.2 Å². The monoisotopic (exact) mass is 314 g/mol. The second kappa shape index (κ2) is 7.58. The highest BCUT2D eigenvalue weighted by atomic mass is 16.5. The fraction of sp³-hybridized carbons (Fsp3) is 0.353. The van der Waals surface area contributed by atoms with Gasteiger partial charge >= 0.3 is 5.97 Å². The molecule has 1 aliphatic heterocycles.